The van der Waals surface area contributed by atoms with E-state index >= 15 is 0 Å². The molecule has 1 aliphatic heterocycles. The lowest BCUT2D eigenvalue weighted by molar-refractivity contribution is -0.133. The molecule has 2 atom stereocenters. The van der Waals surface area contributed by atoms with E-state index in [1.807, 2.05) is 13.8 Å². The molecule has 1 saturated heterocycles. The minimum Gasteiger partial charge on any atom is -0.497 e. The average molecular weight is 392 g/mol. The summed E-state index contributed by atoms with van der Waals surface area (Å²) in [6.07, 6.45) is 0.738. The number of carbonyl (C=O) groups is 1. The number of hydrogen-bond donors (Lipinski definition) is 2. The predicted octanol–water partition coefficient (Wildman–Crippen LogP) is 0.979. The Hall–Kier alpha value is -1.35. The Morgan fingerprint density at radius 2 is 1.92 bits per heavy atom. The first-order valence-corrected chi connectivity index (χ1v) is 9.43. The third kappa shape index (κ3) is 5.31. The first kappa shape index (κ1) is 21.7. The van der Waals surface area contributed by atoms with Crippen LogP contribution in [0.4, 0.5) is 0 Å². The number of likely N-dealkylation sites (tertiary alicyclic amines) is 1. The zero-order valence-corrected chi connectivity index (χ0v) is 16.3. The summed E-state index contributed by atoms with van der Waals surface area (Å²) < 4.78 is 32.7. The summed E-state index contributed by atoms with van der Waals surface area (Å²) in [6.45, 7) is 4.66. The van der Waals surface area contributed by atoms with Crippen molar-refractivity contribution in [3.63, 3.8) is 0 Å². The van der Waals surface area contributed by atoms with E-state index in [1.165, 1.54) is 19.2 Å². The van der Waals surface area contributed by atoms with Crippen molar-refractivity contribution in [2.24, 2.45) is 11.7 Å². The number of ether oxygens (including phenoxy) is 1. The van der Waals surface area contributed by atoms with Crippen LogP contribution < -0.4 is 15.2 Å². The van der Waals surface area contributed by atoms with E-state index < -0.39 is 16.1 Å². The number of sulfonamides is 1. The van der Waals surface area contributed by atoms with Crippen molar-refractivity contribution < 1.29 is 17.9 Å². The van der Waals surface area contributed by atoms with Crippen LogP contribution in [0.2, 0.25) is 0 Å². The number of carbonyl (C=O) groups excluding carboxylic acids is 1. The van der Waals surface area contributed by atoms with Crippen LogP contribution in [0.25, 0.3) is 0 Å². The van der Waals surface area contributed by atoms with Crippen molar-refractivity contribution in [1.29, 1.82) is 0 Å². The summed E-state index contributed by atoms with van der Waals surface area (Å²) in [5.74, 6) is 0.161. The minimum absolute atomic E-state index is 0. The smallest absolute Gasteiger partial charge is 0.241 e. The molecule has 142 valence electrons. The molecular formula is C16H26ClN3O4S. The molecule has 0 spiro atoms. The molecule has 0 saturated carbocycles. The molecule has 3 N–H and O–H groups in total. The van der Waals surface area contributed by atoms with Gasteiger partial charge in [0.25, 0.3) is 0 Å². The zero-order valence-electron chi connectivity index (χ0n) is 14.6. The van der Waals surface area contributed by atoms with Gasteiger partial charge in [-0.15, -0.1) is 12.4 Å². The molecule has 1 heterocycles. The van der Waals surface area contributed by atoms with Gasteiger partial charge in [-0.1, -0.05) is 13.8 Å². The van der Waals surface area contributed by atoms with Gasteiger partial charge < -0.3 is 15.4 Å². The number of hydrogen-bond acceptors (Lipinski definition) is 5. The highest BCUT2D eigenvalue weighted by atomic mass is 35.5. The summed E-state index contributed by atoms with van der Waals surface area (Å²) >= 11 is 0. The standard InChI is InChI=1S/C16H25N3O4S.ClH/c1-11(2)15(16(20)19-9-8-12(17)10-19)18-24(21,22)14-6-4-13(23-3)5-7-14;/h4-7,11-12,15,18H,8-10,17H2,1-3H3;1H/t12-,15?;/m1./s1. The summed E-state index contributed by atoms with van der Waals surface area (Å²) in [4.78, 5) is 14.4. The molecule has 2 rings (SSSR count). The third-order valence-electron chi connectivity index (χ3n) is 4.12. The van der Waals surface area contributed by atoms with Crippen molar-refractivity contribution in [3.8, 4) is 5.75 Å². The quantitative estimate of drug-likeness (QED) is 0.752. The molecule has 0 aliphatic carbocycles. The van der Waals surface area contributed by atoms with E-state index in [1.54, 1.807) is 17.0 Å². The normalized spacial score (nSPS) is 18.8. The summed E-state index contributed by atoms with van der Waals surface area (Å²) in [5, 5.41) is 0. The zero-order chi connectivity index (χ0) is 17.9. The SMILES string of the molecule is COc1ccc(S(=O)(=O)NC(C(=O)N2CC[C@@H](N)C2)C(C)C)cc1.Cl. The molecule has 1 aliphatic rings. The Balaban J connectivity index is 0.00000312. The van der Waals surface area contributed by atoms with Crippen LogP contribution in [0.5, 0.6) is 5.75 Å². The molecule has 25 heavy (non-hydrogen) atoms. The van der Waals surface area contributed by atoms with Crippen LogP contribution in [-0.2, 0) is 14.8 Å². The molecule has 1 aromatic carbocycles. The Kier molecular flexibility index (Phi) is 7.67. The molecule has 7 nitrogen and oxygen atoms in total. The molecule has 1 unspecified atom stereocenters. The second-order valence-electron chi connectivity index (χ2n) is 6.35. The van der Waals surface area contributed by atoms with Gasteiger partial charge in [0.1, 0.15) is 11.8 Å². The van der Waals surface area contributed by atoms with E-state index in [0.717, 1.165) is 6.42 Å². The number of nitrogens with one attached hydrogen (secondary N) is 1. The van der Waals surface area contributed by atoms with Gasteiger partial charge in [0.15, 0.2) is 0 Å². The number of nitrogens with zero attached hydrogens (tertiary/aromatic N) is 1. The Morgan fingerprint density at radius 3 is 2.36 bits per heavy atom. The maximum Gasteiger partial charge on any atom is 0.241 e. The van der Waals surface area contributed by atoms with Crippen molar-refractivity contribution in [2.75, 3.05) is 20.2 Å². The highest BCUT2D eigenvalue weighted by molar-refractivity contribution is 7.89. The van der Waals surface area contributed by atoms with Crippen molar-refractivity contribution >= 4 is 28.3 Å². The van der Waals surface area contributed by atoms with E-state index in [-0.39, 0.29) is 35.2 Å². The molecule has 0 bridgehead atoms. The van der Waals surface area contributed by atoms with E-state index in [0.29, 0.717) is 18.8 Å². The average Bonchev–Trinajstić information content (AvgIpc) is 2.98. The topological polar surface area (TPSA) is 102 Å². The second kappa shape index (κ2) is 8.84. The minimum atomic E-state index is -3.80. The summed E-state index contributed by atoms with van der Waals surface area (Å²) in [7, 11) is -2.29. The largest absolute Gasteiger partial charge is 0.497 e. The number of halogens is 1. The number of methoxy groups -OCH3 is 1. The Labute approximate surface area is 155 Å². The van der Waals surface area contributed by atoms with E-state index in [9.17, 15) is 13.2 Å². The molecule has 0 radical (unpaired) electrons. The number of nitrogens with two attached hydrogens (primary N) is 1. The molecule has 9 heteroatoms. The molecular weight excluding hydrogens is 366 g/mol. The van der Waals surface area contributed by atoms with Gasteiger partial charge in [-0.05, 0) is 36.6 Å². The van der Waals surface area contributed by atoms with Crippen LogP contribution >= 0.6 is 12.4 Å². The fourth-order valence-electron chi connectivity index (χ4n) is 2.65. The molecule has 0 aromatic heterocycles. The summed E-state index contributed by atoms with van der Waals surface area (Å²) in [5.41, 5.74) is 5.84. The first-order valence-electron chi connectivity index (χ1n) is 7.95. The number of benzene rings is 1. The monoisotopic (exact) mass is 391 g/mol. The Bertz CT molecular complexity index is 679. The highest BCUT2D eigenvalue weighted by Gasteiger charge is 2.34. The van der Waals surface area contributed by atoms with Crippen molar-refractivity contribution in [2.45, 2.75) is 37.2 Å². The number of amides is 1. The van der Waals surface area contributed by atoms with E-state index in [4.69, 9.17) is 10.5 Å². The highest BCUT2D eigenvalue weighted by Crippen LogP contribution is 2.18. The van der Waals surface area contributed by atoms with Crippen LogP contribution in [0.15, 0.2) is 29.2 Å². The van der Waals surface area contributed by atoms with Gasteiger partial charge in [-0.3, -0.25) is 4.79 Å². The second-order valence-corrected chi connectivity index (χ2v) is 8.07. The van der Waals surface area contributed by atoms with E-state index in [2.05, 4.69) is 4.72 Å². The van der Waals surface area contributed by atoms with Gasteiger partial charge in [-0.2, -0.15) is 4.72 Å². The Morgan fingerprint density at radius 1 is 1.32 bits per heavy atom. The molecule has 1 aromatic rings. The lowest BCUT2D eigenvalue weighted by atomic mass is 10.0. The summed E-state index contributed by atoms with van der Waals surface area (Å²) in [6, 6.07) is 5.19. The maximum absolute atomic E-state index is 12.7. The predicted molar refractivity (Wildman–Crippen MR) is 98.4 cm³/mol. The maximum atomic E-state index is 12.7. The van der Waals surface area contributed by atoms with Gasteiger partial charge in [0.2, 0.25) is 15.9 Å². The van der Waals surface area contributed by atoms with Crippen LogP contribution in [-0.4, -0.2) is 51.5 Å². The van der Waals surface area contributed by atoms with Crippen molar-refractivity contribution in [3.05, 3.63) is 24.3 Å². The van der Waals surface area contributed by atoms with Crippen LogP contribution in [0.1, 0.15) is 20.3 Å². The lowest BCUT2D eigenvalue weighted by Crippen LogP contribution is -2.50. The van der Waals surface area contributed by atoms with Crippen LogP contribution in [0.3, 0.4) is 0 Å². The lowest BCUT2D eigenvalue weighted by Gasteiger charge is -2.26. The van der Waals surface area contributed by atoms with Gasteiger partial charge >= 0.3 is 0 Å². The molecule has 1 amide bonds. The fraction of sp³-hybridized carbons (Fsp3) is 0.562. The fourth-order valence-corrected chi connectivity index (χ4v) is 3.98. The third-order valence-corrected chi connectivity index (χ3v) is 5.58. The van der Waals surface area contributed by atoms with Gasteiger partial charge in [0, 0.05) is 19.1 Å². The number of rotatable bonds is 6. The molecule has 1 fully saturated rings. The first-order chi connectivity index (χ1) is 11.2. The van der Waals surface area contributed by atoms with Crippen molar-refractivity contribution in [1.82, 2.24) is 9.62 Å². The van der Waals surface area contributed by atoms with Gasteiger partial charge in [0.05, 0.1) is 12.0 Å². The van der Waals surface area contributed by atoms with Gasteiger partial charge in [-0.25, -0.2) is 8.42 Å². The van der Waals surface area contributed by atoms with Crippen LogP contribution in [0, 0.1) is 5.92 Å².